The van der Waals surface area contributed by atoms with Crippen LogP contribution in [0.5, 0.6) is 0 Å². The summed E-state index contributed by atoms with van der Waals surface area (Å²) in [5.74, 6) is 2.90. The maximum Gasteiger partial charge on any atom is 0.123 e. The van der Waals surface area contributed by atoms with E-state index in [1.54, 1.807) is 12.1 Å². The number of benzene rings is 1. The third-order valence-corrected chi connectivity index (χ3v) is 3.93. The third-order valence-electron chi connectivity index (χ3n) is 3.00. The van der Waals surface area contributed by atoms with Crippen LogP contribution in [-0.2, 0) is 6.42 Å². The molecule has 102 valence electrons. The highest BCUT2D eigenvalue weighted by Gasteiger charge is 2.09. The quantitative estimate of drug-likeness (QED) is 0.685. The second-order valence-corrected chi connectivity index (χ2v) is 5.88. The molecule has 1 unspecified atom stereocenters. The van der Waals surface area contributed by atoms with Gasteiger partial charge in [0.2, 0.25) is 0 Å². The SMILES string of the molecule is CCNCC(CCSCC)Cc1ccc(F)cc1. The molecule has 0 bridgehead atoms. The van der Waals surface area contributed by atoms with E-state index >= 15 is 0 Å². The van der Waals surface area contributed by atoms with E-state index in [2.05, 4.69) is 19.2 Å². The number of rotatable bonds is 9. The molecule has 1 N–H and O–H groups in total. The van der Waals surface area contributed by atoms with E-state index in [0.717, 1.165) is 19.5 Å². The van der Waals surface area contributed by atoms with Crippen LogP contribution in [0.25, 0.3) is 0 Å². The zero-order chi connectivity index (χ0) is 13.2. The molecule has 1 aromatic rings. The van der Waals surface area contributed by atoms with Gasteiger partial charge in [0.05, 0.1) is 0 Å². The van der Waals surface area contributed by atoms with Gasteiger partial charge in [0.25, 0.3) is 0 Å². The molecule has 1 aromatic carbocycles. The molecule has 0 spiro atoms. The molecule has 0 saturated carbocycles. The summed E-state index contributed by atoms with van der Waals surface area (Å²) in [6, 6.07) is 6.92. The summed E-state index contributed by atoms with van der Waals surface area (Å²) in [5.41, 5.74) is 1.24. The molecule has 1 nitrogen and oxygen atoms in total. The summed E-state index contributed by atoms with van der Waals surface area (Å²) < 4.78 is 12.9. The number of halogens is 1. The van der Waals surface area contributed by atoms with Crippen molar-refractivity contribution < 1.29 is 4.39 Å². The summed E-state index contributed by atoms with van der Waals surface area (Å²) in [4.78, 5) is 0. The third kappa shape index (κ3) is 6.41. The molecule has 1 atom stereocenters. The molecule has 18 heavy (non-hydrogen) atoms. The molecule has 0 aromatic heterocycles. The number of thioether (sulfide) groups is 1. The Morgan fingerprint density at radius 1 is 1.22 bits per heavy atom. The first-order chi connectivity index (χ1) is 8.76. The molecule has 0 aliphatic carbocycles. The lowest BCUT2D eigenvalue weighted by Gasteiger charge is -2.17. The van der Waals surface area contributed by atoms with E-state index in [9.17, 15) is 4.39 Å². The fraction of sp³-hybridized carbons (Fsp3) is 0.600. The Balaban J connectivity index is 2.45. The van der Waals surface area contributed by atoms with Crippen LogP contribution in [0.1, 0.15) is 25.8 Å². The van der Waals surface area contributed by atoms with Gasteiger partial charge in [-0.3, -0.25) is 0 Å². The van der Waals surface area contributed by atoms with Gasteiger partial charge in [-0.15, -0.1) is 0 Å². The van der Waals surface area contributed by atoms with Crippen LogP contribution in [0.3, 0.4) is 0 Å². The van der Waals surface area contributed by atoms with Gasteiger partial charge >= 0.3 is 0 Å². The lowest BCUT2D eigenvalue weighted by Crippen LogP contribution is -2.24. The Bertz CT molecular complexity index is 313. The van der Waals surface area contributed by atoms with E-state index in [1.807, 2.05) is 23.9 Å². The van der Waals surface area contributed by atoms with Gasteiger partial charge in [-0.25, -0.2) is 4.39 Å². The van der Waals surface area contributed by atoms with E-state index in [4.69, 9.17) is 0 Å². The highest BCUT2D eigenvalue weighted by Crippen LogP contribution is 2.15. The van der Waals surface area contributed by atoms with E-state index in [-0.39, 0.29) is 5.82 Å². The van der Waals surface area contributed by atoms with Gasteiger partial charge in [-0.2, -0.15) is 11.8 Å². The van der Waals surface area contributed by atoms with Crippen LogP contribution < -0.4 is 5.32 Å². The first-order valence-corrected chi connectivity index (χ1v) is 7.94. The van der Waals surface area contributed by atoms with Crippen LogP contribution in [0, 0.1) is 11.7 Å². The highest BCUT2D eigenvalue weighted by molar-refractivity contribution is 7.99. The molecular weight excluding hydrogens is 245 g/mol. The normalized spacial score (nSPS) is 12.6. The minimum atomic E-state index is -0.150. The maximum absolute atomic E-state index is 12.9. The number of hydrogen-bond acceptors (Lipinski definition) is 2. The predicted octanol–water partition coefficient (Wildman–Crippen LogP) is 3.74. The van der Waals surface area contributed by atoms with Crippen molar-refractivity contribution in [1.29, 1.82) is 0 Å². The fourth-order valence-corrected chi connectivity index (χ4v) is 2.76. The largest absolute Gasteiger partial charge is 0.317 e. The summed E-state index contributed by atoms with van der Waals surface area (Å²) >= 11 is 2.00. The highest BCUT2D eigenvalue weighted by atomic mass is 32.2. The molecular formula is C15H24FNS. The Labute approximate surface area is 115 Å². The second-order valence-electron chi connectivity index (χ2n) is 4.49. The number of nitrogens with one attached hydrogen (secondary N) is 1. The van der Waals surface area contributed by atoms with Crippen LogP contribution >= 0.6 is 11.8 Å². The minimum absolute atomic E-state index is 0.150. The van der Waals surface area contributed by atoms with Gasteiger partial charge in [0.15, 0.2) is 0 Å². The molecule has 3 heteroatoms. The van der Waals surface area contributed by atoms with Crippen molar-refractivity contribution in [2.75, 3.05) is 24.6 Å². The molecule has 1 rings (SSSR count). The Kier molecular flexibility index (Phi) is 8.10. The van der Waals surface area contributed by atoms with Crippen LogP contribution in [-0.4, -0.2) is 24.6 Å². The maximum atomic E-state index is 12.9. The average molecular weight is 269 g/mol. The molecule has 0 saturated heterocycles. The average Bonchev–Trinajstić information content (AvgIpc) is 2.38. The lowest BCUT2D eigenvalue weighted by molar-refractivity contribution is 0.470. The van der Waals surface area contributed by atoms with Crippen molar-refractivity contribution in [1.82, 2.24) is 5.32 Å². The molecule has 0 heterocycles. The van der Waals surface area contributed by atoms with Crippen molar-refractivity contribution in [2.45, 2.75) is 26.7 Å². The zero-order valence-electron chi connectivity index (χ0n) is 11.4. The molecule has 0 fully saturated rings. The zero-order valence-corrected chi connectivity index (χ0v) is 12.2. The summed E-state index contributed by atoms with van der Waals surface area (Å²) in [6.45, 7) is 6.40. The van der Waals surface area contributed by atoms with Gasteiger partial charge in [-0.05, 0) is 61.1 Å². The fourth-order valence-electron chi connectivity index (χ4n) is 1.97. The van der Waals surface area contributed by atoms with Gasteiger partial charge in [0.1, 0.15) is 5.82 Å². The smallest absolute Gasteiger partial charge is 0.123 e. The first kappa shape index (κ1) is 15.5. The van der Waals surface area contributed by atoms with E-state index in [1.165, 1.54) is 23.5 Å². The topological polar surface area (TPSA) is 12.0 Å². The minimum Gasteiger partial charge on any atom is -0.317 e. The molecule has 0 radical (unpaired) electrons. The first-order valence-electron chi connectivity index (χ1n) is 6.79. The van der Waals surface area contributed by atoms with Crippen LogP contribution in [0.15, 0.2) is 24.3 Å². The van der Waals surface area contributed by atoms with Crippen molar-refractivity contribution in [2.24, 2.45) is 5.92 Å². The Morgan fingerprint density at radius 2 is 1.94 bits per heavy atom. The van der Waals surface area contributed by atoms with Crippen molar-refractivity contribution in [3.8, 4) is 0 Å². The second kappa shape index (κ2) is 9.40. The standard InChI is InChI=1S/C15H24FNS/c1-3-17-12-14(9-10-18-4-2)11-13-5-7-15(16)8-6-13/h5-8,14,17H,3-4,9-12H2,1-2H3. The van der Waals surface area contributed by atoms with Gasteiger partial charge < -0.3 is 5.32 Å². The van der Waals surface area contributed by atoms with Crippen LogP contribution in [0.4, 0.5) is 4.39 Å². The predicted molar refractivity (Wildman–Crippen MR) is 79.8 cm³/mol. The van der Waals surface area contributed by atoms with E-state index in [0.29, 0.717) is 5.92 Å². The monoisotopic (exact) mass is 269 g/mol. The Hall–Kier alpha value is -0.540. The molecule has 0 aliphatic rings. The van der Waals surface area contributed by atoms with Gasteiger partial charge in [-0.1, -0.05) is 26.0 Å². The molecule has 0 aliphatic heterocycles. The summed E-state index contributed by atoms with van der Waals surface area (Å²) in [7, 11) is 0. The van der Waals surface area contributed by atoms with Crippen molar-refractivity contribution in [3.63, 3.8) is 0 Å². The molecule has 0 amide bonds. The Morgan fingerprint density at radius 3 is 2.56 bits per heavy atom. The summed E-state index contributed by atoms with van der Waals surface area (Å²) in [5, 5.41) is 3.42. The van der Waals surface area contributed by atoms with Gasteiger partial charge in [0, 0.05) is 0 Å². The van der Waals surface area contributed by atoms with Crippen molar-refractivity contribution in [3.05, 3.63) is 35.6 Å². The van der Waals surface area contributed by atoms with Crippen LogP contribution in [0.2, 0.25) is 0 Å². The number of hydrogen-bond donors (Lipinski definition) is 1. The van der Waals surface area contributed by atoms with Crippen molar-refractivity contribution >= 4 is 11.8 Å². The summed E-state index contributed by atoms with van der Waals surface area (Å²) in [6.07, 6.45) is 2.26. The van der Waals surface area contributed by atoms with E-state index < -0.39 is 0 Å². The lowest BCUT2D eigenvalue weighted by atomic mass is 9.97.